The minimum atomic E-state index is -4.89. The van der Waals surface area contributed by atoms with Crippen LogP contribution in [-0.4, -0.2) is 36.9 Å². The number of benzene rings is 1. The highest BCUT2D eigenvalue weighted by molar-refractivity contribution is 7.88. The Morgan fingerprint density at radius 3 is 2.07 bits per heavy atom. The number of aliphatic carboxylic acids is 1. The minimum absolute atomic E-state index is 0.0599. The number of rotatable bonds is 7. The van der Waals surface area contributed by atoms with E-state index in [1.165, 1.54) is 20.8 Å². The van der Waals surface area contributed by atoms with Crippen LogP contribution in [0.3, 0.4) is 0 Å². The molecule has 0 aliphatic carbocycles. The van der Waals surface area contributed by atoms with E-state index >= 15 is 0 Å². The molecular weight excluding hydrogens is 392 g/mol. The number of hydrogen-bond acceptors (Lipinski definition) is 3. The lowest BCUT2D eigenvalue weighted by atomic mass is 9.94. The largest absolute Gasteiger partial charge is 0.481 e. The summed E-state index contributed by atoms with van der Waals surface area (Å²) in [5.41, 5.74) is -1.52. The number of carboxylic acids is 1. The quantitative estimate of drug-likeness (QED) is 0.531. The van der Waals surface area contributed by atoms with E-state index in [4.69, 9.17) is 5.11 Å². The van der Waals surface area contributed by atoms with Gasteiger partial charge in [0.1, 0.15) is 5.82 Å². The fourth-order valence-corrected chi connectivity index (χ4v) is 3.44. The van der Waals surface area contributed by atoms with Crippen LogP contribution in [0.4, 0.5) is 17.6 Å². The van der Waals surface area contributed by atoms with Crippen LogP contribution in [-0.2, 0) is 15.0 Å². The van der Waals surface area contributed by atoms with E-state index in [1.807, 2.05) is 0 Å². The van der Waals surface area contributed by atoms with Crippen molar-refractivity contribution in [2.45, 2.75) is 45.3 Å². The number of nitrogens with zero attached hydrogens (tertiary/aromatic N) is 1. The normalized spacial score (nSPS) is 14.9. The van der Waals surface area contributed by atoms with E-state index in [1.54, 1.807) is 0 Å². The second-order valence-corrected chi connectivity index (χ2v) is 8.25. The van der Waals surface area contributed by atoms with Gasteiger partial charge in [0.2, 0.25) is 0 Å². The highest BCUT2D eigenvalue weighted by Crippen LogP contribution is 2.33. The van der Waals surface area contributed by atoms with Gasteiger partial charge in [0.25, 0.3) is 0 Å². The standard InChI is InChI=1S/C16H20F4N2O4S/c1-15(2,3)22-27(25,26)21-13(10-4-6-12(17)7-5-10)8-11(9-14(23)24)16(18,19)20/h4-7,11,22H,8-9H2,1-3H3,(H,23,24). The van der Waals surface area contributed by atoms with E-state index in [0.717, 1.165) is 24.3 Å². The van der Waals surface area contributed by atoms with Crippen molar-refractivity contribution in [3.05, 3.63) is 35.6 Å². The van der Waals surface area contributed by atoms with Crippen molar-refractivity contribution < 1.29 is 35.9 Å². The SMILES string of the molecule is CC(C)(C)NS(=O)(=O)N=C(CC(CC(=O)O)C(F)(F)F)c1ccc(F)cc1. The molecule has 0 aliphatic heterocycles. The van der Waals surface area contributed by atoms with Gasteiger partial charge >= 0.3 is 22.4 Å². The summed E-state index contributed by atoms with van der Waals surface area (Å²) in [4.78, 5) is 10.8. The van der Waals surface area contributed by atoms with Crippen molar-refractivity contribution in [1.29, 1.82) is 0 Å². The molecule has 1 aromatic carbocycles. The monoisotopic (exact) mass is 412 g/mol. The summed E-state index contributed by atoms with van der Waals surface area (Å²) < 4.78 is 82.6. The predicted octanol–water partition coefficient (Wildman–Crippen LogP) is 3.29. The third-order valence-electron chi connectivity index (χ3n) is 3.17. The molecule has 152 valence electrons. The first-order chi connectivity index (χ1) is 12.1. The number of hydrogen-bond donors (Lipinski definition) is 2. The number of nitrogens with one attached hydrogen (secondary N) is 1. The van der Waals surface area contributed by atoms with Crippen LogP contribution in [0.15, 0.2) is 28.7 Å². The molecule has 11 heteroatoms. The van der Waals surface area contributed by atoms with Gasteiger partial charge in [-0.05, 0) is 38.5 Å². The summed E-state index contributed by atoms with van der Waals surface area (Å²) in [5.74, 6) is -4.72. The van der Waals surface area contributed by atoms with Crippen LogP contribution in [0, 0.1) is 11.7 Å². The van der Waals surface area contributed by atoms with Crippen molar-refractivity contribution in [1.82, 2.24) is 4.72 Å². The Balaban J connectivity index is 3.39. The lowest BCUT2D eigenvalue weighted by Crippen LogP contribution is -2.40. The van der Waals surface area contributed by atoms with Gasteiger partial charge in [0.05, 0.1) is 18.1 Å². The molecule has 27 heavy (non-hydrogen) atoms. The zero-order valence-electron chi connectivity index (χ0n) is 14.8. The topological polar surface area (TPSA) is 95.8 Å². The van der Waals surface area contributed by atoms with Gasteiger partial charge in [0.15, 0.2) is 0 Å². The second-order valence-electron chi connectivity index (χ2n) is 6.91. The summed E-state index contributed by atoms with van der Waals surface area (Å²) in [7, 11) is -4.39. The first-order valence-corrected chi connectivity index (χ1v) is 9.20. The van der Waals surface area contributed by atoms with Crippen LogP contribution >= 0.6 is 0 Å². The Kier molecular flexibility index (Phi) is 7.11. The van der Waals surface area contributed by atoms with Gasteiger partial charge < -0.3 is 5.11 Å². The average molecular weight is 412 g/mol. The maximum absolute atomic E-state index is 13.2. The molecule has 0 aliphatic rings. The van der Waals surface area contributed by atoms with E-state index in [-0.39, 0.29) is 5.56 Å². The Morgan fingerprint density at radius 1 is 1.15 bits per heavy atom. The Morgan fingerprint density at radius 2 is 1.67 bits per heavy atom. The number of carbonyl (C=O) groups is 1. The Hall–Kier alpha value is -2.01. The fraction of sp³-hybridized carbons (Fsp3) is 0.500. The molecule has 0 saturated carbocycles. The van der Waals surface area contributed by atoms with Crippen LogP contribution in [0.25, 0.3) is 0 Å². The molecule has 1 unspecified atom stereocenters. The lowest BCUT2D eigenvalue weighted by molar-refractivity contribution is -0.181. The molecule has 0 aromatic heterocycles. The highest BCUT2D eigenvalue weighted by atomic mass is 32.2. The first kappa shape index (κ1) is 23.0. The Bertz CT molecular complexity index is 797. The van der Waals surface area contributed by atoms with Crippen LogP contribution in [0.2, 0.25) is 0 Å². The number of carboxylic acid groups (broad SMARTS) is 1. The van der Waals surface area contributed by atoms with Crippen LogP contribution < -0.4 is 4.72 Å². The average Bonchev–Trinajstić information content (AvgIpc) is 2.42. The molecule has 0 bridgehead atoms. The van der Waals surface area contributed by atoms with Gasteiger partial charge in [-0.1, -0.05) is 12.1 Å². The molecule has 1 rings (SSSR count). The van der Waals surface area contributed by atoms with Crippen LogP contribution in [0.1, 0.15) is 39.2 Å². The molecule has 0 heterocycles. The molecular formula is C16H20F4N2O4S. The van der Waals surface area contributed by atoms with Gasteiger partial charge in [-0.15, -0.1) is 0 Å². The first-order valence-electron chi connectivity index (χ1n) is 7.76. The molecule has 0 radical (unpaired) electrons. The van der Waals surface area contributed by atoms with Gasteiger partial charge in [-0.3, -0.25) is 4.79 Å². The summed E-state index contributed by atoms with van der Waals surface area (Å²) in [6.07, 6.45) is -7.14. The maximum atomic E-state index is 13.2. The maximum Gasteiger partial charge on any atom is 0.392 e. The molecule has 6 nitrogen and oxygen atoms in total. The molecule has 2 N–H and O–H groups in total. The van der Waals surface area contributed by atoms with Crippen molar-refractivity contribution in [2.75, 3.05) is 0 Å². The van der Waals surface area contributed by atoms with Gasteiger partial charge in [-0.25, -0.2) is 4.39 Å². The molecule has 0 spiro atoms. The molecule has 0 fully saturated rings. The van der Waals surface area contributed by atoms with E-state index in [9.17, 15) is 30.8 Å². The minimum Gasteiger partial charge on any atom is -0.481 e. The third-order valence-corrected chi connectivity index (χ3v) is 4.50. The molecule has 1 aromatic rings. The Labute approximate surface area is 154 Å². The fourth-order valence-electron chi connectivity index (χ4n) is 2.15. The molecule has 1 atom stereocenters. The predicted molar refractivity (Wildman–Crippen MR) is 91.2 cm³/mol. The third kappa shape index (κ3) is 8.48. The van der Waals surface area contributed by atoms with Crippen molar-refractivity contribution in [3.8, 4) is 0 Å². The van der Waals surface area contributed by atoms with Crippen molar-refractivity contribution in [2.24, 2.45) is 10.3 Å². The highest BCUT2D eigenvalue weighted by Gasteiger charge is 2.42. The summed E-state index contributed by atoms with van der Waals surface area (Å²) >= 11 is 0. The summed E-state index contributed by atoms with van der Waals surface area (Å²) in [6.45, 7) is 4.54. The van der Waals surface area contributed by atoms with Crippen molar-refractivity contribution in [3.63, 3.8) is 0 Å². The van der Waals surface area contributed by atoms with Crippen LogP contribution in [0.5, 0.6) is 0 Å². The van der Waals surface area contributed by atoms with E-state index in [2.05, 4.69) is 9.12 Å². The zero-order chi connectivity index (χ0) is 21.0. The van der Waals surface area contributed by atoms with Crippen molar-refractivity contribution >= 4 is 21.9 Å². The molecule has 0 saturated heterocycles. The number of halogens is 4. The summed E-state index contributed by atoms with van der Waals surface area (Å²) in [6, 6.07) is 4.03. The lowest BCUT2D eigenvalue weighted by Gasteiger charge is -2.21. The van der Waals surface area contributed by atoms with Gasteiger partial charge in [0, 0.05) is 12.0 Å². The smallest absolute Gasteiger partial charge is 0.392 e. The molecule has 0 amide bonds. The zero-order valence-corrected chi connectivity index (χ0v) is 15.7. The van der Waals surface area contributed by atoms with Gasteiger partial charge in [-0.2, -0.15) is 30.7 Å². The number of alkyl halides is 3. The van der Waals surface area contributed by atoms with E-state index in [0.29, 0.717) is 0 Å². The second kappa shape index (κ2) is 8.34. The summed E-state index contributed by atoms with van der Waals surface area (Å²) in [5, 5.41) is 8.73. The van der Waals surface area contributed by atoms with E-state index < -0.39 is 58.2 Å².